The van der Waals surface area contributed by atoms with E-state index < -0.39 is 0 Å². The van der Waals surface area contributed by atoms with Crippen LogP contribution in [0, 0.1) is 6.92 Å². The van der Waals surface area contributed by atoms with Gasteiger partial charge < -0.3 is 10.1 Å². The molecule has 0 atom stereocenters. The number of rotatable bonds is 7. The lowest BCUT2D eigenvalue weighted by molar-refractivity contribution is -0.114. The van der Waals surface area contributed by atoms with Gasteiger partial charge in [-0.1, -0.05) is 12.6 Å². The van der Waals surface area contributed by atoms with Crippen molar-refractivity contribution in [3.8, 4) is 11.6 Å². The molecule has 162 valence electrons. The van der Waals surface area contributed by atoms with Gasteiger partial charge in [-0.2, -0.15) is 0 Å². The van der Waals surface area contributed by atoms with Crippen molar-refractivity contribution in [2.24, 2.45) is 0 Å². The quantitative estimate of drug-likeness (QED) is 0.377. The summed E-state index contributed by atoms with van der Waals surface area (Å²) in [7, 11) is 0. The Hall–Kier alpha value is -4.66. The van der Waals surface area contributed by atoms with E-state index in [1.165, 1.54) is 12.4 Å². The monoisotopic (exact) mass is 437 g/mol. The lowest BCUT2D eigenvalue weighted by Gasteiger charge is -2.12. The molecule has 2 aromatic carbocycles. The molecule has 1 N–H and O–H groups in total. The third-order valence-corrected chi connectivity index (χ3v) is 5.12. The van der Waals surface area contributed by atoms with Gasteiger partial charge in [0.15, 0.2) is 11.4 Å². The zero-order valence-electron chi connectivity index (χ0n) is 17.8. The van der Waals surface area contributed by atoms with Gasteiger partial charge in [-0.25, -0.2) is 15.0 Å². The number of ether oxygens (including phenoxy) is 1. The van der Waals surface area contributed by atoms with Crippen LogP contribution in [0.25, 0.3) is 16.6 Å². The zero-order chi connectivity index (χ0) is 22.8. The number of fused-ring (bicyclic) bond motifs is 2. The maximum absolute atomic E-state index is 11.8. The highest BCUT2D eigenvalue weighted by atomic mass is 16.5. The summed E-state index contributed by atoms with van der Waals surface area (Å²) in [6, 6.07) is 13.2. The molecule has 3 aromatic heterocycles. The van der Waals surface area contributed by atoms with Crippen LogP contribution < -0.4 is 10.1 Å². The highest BCUT2D eigenvalue weighted by Crippen LogP contribution is 2.29. The Morgan fingerprint density at radius 3 is 2.88 bits per heavy atom. The first-order valence-electron chi connectivity index (χ1n) is 10.2. The number of hydrogen-bond donors (Lipinski definition) is 1. The van der Waals surface area contributed by atoms with Crippen molar-refractivity contribution >= 4 is 33.8 Å². The first kappa shape index (κ1) is 20.3. The van der Waals surface area contributed by atoms with Gasteiger partial charge in [0.1, 0.15) is 30.5 Å². The van der Waals surface area contributed by atoms with Gasteiger partial charge in [-0.15, -0.1) is 10.2 Å². The van der Waals surface area contributed by atoms with Gasteiger partial charge in [-0.05, 0) is 54.5 Å². The van der Waals surface area contributed by atoms with Crippen molar-refractivity contribution < 1.29 is 9.53 Å². The van der Waals surface area contributed by atoms with Crippen LogP contribution in [0.4, 0.5) is 11.5 Å². The van der Waals surface area contributed by atoms with Crippen molar-refractivity contribution in [1.29, 1.82) is 0 Å². The van der Waals surface area contributed by atoms with Gasteiger partial charge in [0, 0.05) is 23.6 Å². The second kappa shape index (κ2) is 8.46. The van der Waals surface area contributed by atoms with Crippen LogP contribution in [0.2, 0.25) is 0 Å². The molecule has 0 aliphatic rings. The number of aromatic nitrogens is 6. The van der Waals surface area contributed by atoms with Crippen LogP contribution in [0.5, 0.6) is 11.6 Å². The Bertz CT molecular complexity index is 1510. The maximum Gasteiger partial charge on any atom is 0.224 e. The van der Waals surface area contributed by atoms with Crippen LogP contribution >= 0.6 is 0 Å². The predicted octanol–water partition coefficient (Wildman–Crippen LogP) is 4.21. The molecule has 5 rings (SSSR count). The molecule has 0 amide bonds. The van der Waals surface area contributed by atoms with Gasteiger partial charge in [-0.3, -0.25) is 9.20 Å². The number of hydrogen-bond acceptors (Lipinski definition) is 8. The van der Waals surface area contributed by atoms with E-state index in [4.69, 9.17) is 4.74 Å². The van der Waals surface area contributed by atoms with Crippen LogP contribution in [-0.2, 0) is 11.2 Å². The second-order valence-corrected chi connectivity index (χ2v) is 7.45. The van der Waals surface area contributed by atoms with Crippen LogP contribution in [0.3, 0.4) is 0 Å². The van der Waals surface area contributed by atoms with Crippen molar-refractivity contribution in [3.63, 3.8) is 0 Å². The molecular formula is C24H19N7O2. The van der Waals surface area contributed by atoms with E-state index in [0.29, 0.717) is 23.1 Å². The van der Waals surface area contributed by atoms with E-state index in [1.54, 1.807) is 23.1 Å². The molecule has 5 aromatic rings. The molecule has 9 heteroatoms. The number of allylic oxidation sites excluding steroid dienone is 1. The average molecular weight is 437 g/mol. The third kappa shape index (κ3) is 4.24. The number of nitrogens with zero attached hydrogens (tertiary/aromatic N) is 6. The van der Waals surface area contributed by atoms with Crippen molar-refractivity contribution in [2.75, 3.05) is 5.32 Å². The number of anilines is 2. The second-order valence-electron chi connectivity index (χ2n) is 7.45. The number of carbonyl (C=O) groups excluding carboxylic acids is 1. The van der Waals surface area contributed by atoms with Crippen molar-refractivity contribution in [2.45, 2.75) is 13.3 Å². The fourth-order valence-corrected chi connectivity index (χ4v) is 3.44. The number of benzene rings is 2. The summed E-state index contributed by atoms with van der Waals surface area (Å²) >= 11 is 0. The fourth-order valence-electron chi connectivity index (χ4n) is 3.44. The van der Waals surface area contributed by atoms with E-state index in [1.807, 2.05) is 43.3 Å². The number of ketones is 1. The normalized spacial score (nSPS) is 10.9. The summed E-state index contributed by atoms with van der Waals surface area (Å²) in [4.78, 5) is 24.8. The van der Waals surface area contributed by atoms with Gasteiger partial charge in [0.05, 0.1) is 5.52 Å². The summed E-state index contributed by atoms with van der Waals surface area (Å²) in [5.74, 6) is 1.72. The molecule has 0 unspecified atom stereocenters. The first-order chi connectivity index (χ1) is 16.1. The average Bonchev–Trinajstić information content (AvgIpc) is 3.29. The maximum atomic E-state index is 11.8. The minimum absolute atomic E-state index is 0.0374. The fraction of sp³-hybridized carbons (Fsp3) is 0.0833. The van der Waals surface area contributed by atoms with Crippen LogP contribution in [-0.4, -0.2) is 35.3 Å². The van der Waals surface area contributed by atoms with E-state index in [9.17, 15) is 4.79 Å². The van der Waals surface area contributed by atoms with E-state index in [-0.39, 0.29) is 12.2 Å². The number of carbonyl (C=O) groups is 1. The van der Waals surface area contributed by atoms with Gasteiger partial charge in [0.25, 0.3) is 0 Å². The summed E-state index contributed by atoms with van der Waals surface area (Å²) in [5, 5.41) is 12.0. The lowest BCUT2D eigenvalue weighted by atomic mass is 10.1. The predicted molar refractivity (Wildman–Crippen MR) is 124 cm³/mol. The molecule has 0 saturated heterocycles. The summed E-state index contributed by atoms with van der Waals surface area (Å²) in [5.41, 5.74) is 4.07. The van der Waals surface area contributed by atoms with Crippen LogP contribution in [0.1, 0.15) is 11.1 Å². The molecule has 0 bridgehead atoms. The molecule has 0 aliphatic carbocycles. The molecule has 0 spiro atoms. The minimum Gasteiger partial charge on any atom is -0.439 e. The molecule has 3 heterocycles. The lowest BCUT2D eigenvalue weighted by Crippen LogP contribution is -2.00. The largest absolute Gasteiger partial charge is 0.439 e. The molecule has 0 radical (unpaired) electrons. The molecule has 0 saturated carbocycles. The SMILES string of the molecule is C=CC(=O)Cc1ccc2ncnc(Nc3ccc(Oc4cc5nncn5cn4)c(C)c3)c2c1. The highest BCUT2D eigenvalue weighted by molar-refractivity contribution is 5.94. The smallest absolute Gasteiger partial charge is 0.224 e. The minimum atomic E-state index is -0.0374. The van der Waals surface area contributed by atoms with E-state index in [2.05, 4.69) is 37.0 Å². The van der Waals surface area contributed by atoms with Crippen molar-refractivity contribution in [1.82, 2.24) is 29.5 Å². The Balaban J connectivity index is 1.40. The van der Waals surface area contributed by atoms with Gasteiger partial charge in [0.2, 0.25) is 5.88 Å². The van der Waals surface area contributed by atoms with Gasteiger partial charge >= 0.3 is 0 Å². The first-order valence-corrected chi connectivity index (χ1v) is 10.2. The molecule has 33 heavy (non-hydrogen) atoms. The van der Waals surface area contributed by atoms with Crippen molar-refractivity contribution in [3.05, 3.63) is 85.2 Å². The topological polar surface area (TPSA) is 107 Å². The zero-order valence-corrected chi connectivity index (χ0v) is 17.8. The molecular weight excluding hydrogens is 418 g/mol. The Kier molecular flexibility index (Phi) is 5.19. The number of aryl methyl sites for hydroxylation is 1. The Morgan fingerprint density at radius 1 is 1.12 bits per heavy atom. The molecule has 0 aliphatic heterocycles. The summed E-state index contributed by atoms with van der Waals surface area (Å²) in [6.07, 6.45) is 6.31. The molecule has 9 nitrogen and oxygen atoms in total. The summed E-state index contributed by atoms with van der Waals surface area (Å²) in [6.45, 7) is 5.49. The molecule has 0 fully saturated rings. The number of nitrogens with one attached hydrogen (secondary N) is 1. The Morgan fingerprint density at radius 2 is 2.03 bits per heavy atom. The highest BCUT2D eigenvalue weighted by Gasteiger charge is 2.10. The van der Waals surface area contributed by atoms with Crippen LogP contribution in [0.15, 0.2) is 74.1 Å². The summed E-state index contributed by atoms with van der Waals surface area (Å²) < 4.78 is 7.65. The Labute approximate surface area is 188 Å². The third-order valence-electron chi connectivity index (χ3n) is 5.12. The standard InChI is InChI=1S/C24H19N7O2/c1-3-18(32)9-16-4-6-20-19(10-16)24(26-12-25-20)29-17-5-7-21(15(2)8-17)33-23-11-22-30-28-14-31(22)13-27-23/h3-8,10-14H,1,9H2,2H3,(H,25,26,29). The van der Waals surface area contributed by atoms with E-state index >= 15 is 0 Å². The van der Waals surface area contributed by atoms with E-state index in [0.717, 1.165) is 27.7 Å².